The monoisotopic (exact) mass is 785 g/mol. The maximum Gasteiger partial charge on any atom is 0.303 e. The fourth-order valence-electron chi connectivity index (χ4n) is 7.61. The molecule has 0 amide bonds. The standard InChI is InChI=1S/C52H40FN5O2/c53-40-25-33-47(34-26-40)58-54-51-48(38-21-29-45(30-22-38)56(41-12-4-1-5-13-41)42-14-6-2-7-15-42)35-36-49(52(51)55-58)39-23-31-46(32-24-39)57(43-16-8-3-9-17-43)44-27-19-37(20-28-44)11-10-18-50(59)60/h1-9,12-17,19-36H,10-11,18H2,(H,59,60). The van der Waals surface area contributed by atoms with Crippen molar-refractivity contribution in [3.63, 3.8) is 0 Å². The molecule has 1 aromatic heterocycles. The predicted octanol–water partition coefficient (Wildman–Crippen LogP) is 13.2. The zero-order valence-corrected chi connectivity index (χ0v) is 32.6. The number of aromatic nitrogens is 3. The molecule has 0 atom stereocenters. The molecule has 0 bridgehead atoms. The number of carbonyl (C=O) groups is 1. The van der Waals surface area contributed by atoms with Gasteiger partial charge in [0.1, 0.15) is 16.9 Å². The van der Waals surface area contributed by atoms with Gasteiger partial charge >= 0.3 is 5.97 Å². The Hall–Kier alpha value is -7.84. The third kappa shape index (κ3) is 7.99. The van der Waals surface area contributed by atoms with E-state index in [4.69, 9.17) is 15.3 Å². The number of carboxylic acids is 1. The topological polar surface area (TPSA) is 74.5 Å². The zero-order valence-electron chi connectivity index (χ0n) is 32.6. The molecule has 9 aromatic rings. The van der Waals surface area contributed by atoms with Crippen LogP contribution >= 0.6 is 0 Å². The average molecular weight is 786 g/mol. The number of benzene rings is 8. The number of halogens is 1. The van der Waals surface area contributed by atoms with Crippen LogP contribution in [0.4, 0.5) is 38.5 Å². The summed E-state index contributed by atoms with van der Waals surface area (Å²) >= 11 is 0. The minimum Gasteiger partial charge on any atom is -0.481 e. The summed E-state index contributed by atoms with van der Waals surface area (Å²) in [5.74, 6) is -1.10. The minimum absolute atomic E-state index is 0.151. The molecule has 1 heterocycles. The lowest BCUT2D eigenvalue weighted by atomic mass is 9.97. The maximum absolute atomic E-state index is 14.0. The van der Waals surface area contributed by atoms with Crippen LogP contribution in [0.5, 0.6) is 0 Å². The van der Waals surface area contributed by atoms with Crippen LogP contribution in [0.2, 0.25) is 0 Å². The first-order chi connectivity index (χ1) is 29.5. The Morgan fingerprint density at radius 3 is 1.27 bits per heavy atom. The summed E-state index contributed by atoms with van der Waals surface area (Å²) in [6.07, 6.45) is 1.45. The number of anilines is 6. The highest BCUT2D eigenvalue weighted by Crippen LogP contribution is 2.40. The predicted molar refractivity (Wildman–Crippen MR) is 240 cm³/mol. The van der Waals surface area contributed by atoms with Gasteiger partial charge in [-0.2, -0.15) is 4.80 Å². The van der Waals surface area contributed by atoms with Crippen molar-refractivity contribution >= 4 is 51.1 Å². The number of aliphatic carboxylic acids is 1. The van der Waals surface area contributed by atoms with Crippen molar-refractivity contribution < 1.29 is 14.3 Å². The number of fused-ring (bicyclic) bond motifs is 1. The van der Waals surface area contributed by atoms with E-state index in [1.54, 1.807) is 16.9 Å². The lowest BCUT2D eigenvalue weighted by Gasteiger charge is -2.26. The van der Waals surface area contributed by atoms with Crippen molar-refractivity contribution in [1.29, 1.82) is 0 Å². The summed E-state index contributed by atoms with van der Waals surface area (Å²) in [6.45, 7) is 0. The molecule has 7 nitrogen and oxygen atoms in total. The summed E-state index contributed by atoms with van der Waals surface area (Å²) < 4.78 is 14.0. The van der Waals surface area contributed by atoms with Crippen LogP contribution in [0.15, 0.2) is 200 Å². The summed E-state index contributed by atoms with van der Waals surface area (Å²) in [6, 6.07) is 66.5. The Labute approximate surface area is 347 Å². The van der Waals surface area contributed by atoms with E-state index in [-0.39, 0.29) is 12.2 Å². The van der Waals surface area contributed by atoms with E-state index in [0.717, 1.165) is 73.0 Å². The third-order valence-electron chi connectivity index (χ3n) is 10.6. The molecule has 0 saturated carbocycles. The molecule has 0 aliphatic rings. The zero-order chi connectivity index (χ0) is 40.8. The van der Waals surface area contributed by atoms with Crippen LogP contribution in [-0.4, -0.2) is 26.1 Å². The summed E-state index contributed by atoms with van der Waals surface area (Å²) in [5.41, 5.74) is 13.1. The van der Waals surface area contributed by atoms with Crippen LogP contribution in [0.3, 0.4) is 0 Å². The second kappa shape index (κ2) is 16.9. The molecule has 60 heavy (non-hydrogen) atoms. The molecule has 8 heteroatoms. The van der Waals surface area contributed by atoms with Gasteiger partial charge in [-0.1, -0.05) is 103 Å². The number of aryl methyl sites for hydroxylation is 1. The number of carboxylic acid groups (broad SMARTS) is 1. The smallest absolute Gasteiger partial charge is 0.303 e. The fourth-order valence-corrected chi connectivity index (χ4v) is 7.61. The van der Waals surface area contributed by atoms with Crippen molar-refractivity contribution in [2.45, 2.75) is 19.3 Å². The lowest BCUT2D eigenvalue weighted by Crippen LogP contribution is -2.09. The van der Waals surface area contributed by atoms with E-state index in [0.29, 0.717) is 18.5 Å². The van der Waals surface area contributed by atoms with E-state index in [2.05, 4.69) is 131 Å². The third-order valence-corrected chi connectivity index (χ3v) is 10.6. The number of hydrogen-bond acceptors (Lipinski definition) is 5. The first-order valence-corrected chi connectivity index (χ1v) is 19.9. The Morgan fingerprint density at radius 2 is 0.867 bits per heavy atom. The Balaban J connectivity index is 1.08. The van der Waals surface area contributed by atoms with Gasteiger partial charge in [-0.3, -0.25) is 4.79 Å². The fraction of sp³-hybridized carbons (Fsp3) is 0.0577. The molecule has 0 spiro atoms. The molecule has 1 N–H and O–H groups in total. The van der Waals surface area contributed by atoms with E-state index in [9.17, 15) is 9.18 Å². The van der Waals surface area contributed by atoms with Gasteiger partial charge in [-0.25, -0.2) is 4.39 Å². The van der Waals surface area contributed by atoms with Crippen LogP contribution in [0.25, 0.3) is 39.0 Å². The molecule has 0 radical (unpaired) electrons. The van der Waals surface area contributed by atoms with Gasteiger partial charge in [0, 0.05) is 51.7 Å². The van der Waals surface area contributed by atoms with Crippen LogP contribution in [-0.2, 0) is 11.2 Å². The highest BCUT2D eigenvalue weighted by atomic mass is 19.1. The van der Waals surface area contributed by atoms with Gasteiger partial charge in [0.2, 0.25) is 0 Å². The van der Waals surface area contributed by atoms with Gasteiger partial charge in [0.25, 0.3) is 0 Å². The highest BCUT2D eigenvalue weighted by molar-refractivity contribution is 6.01. The summed E-state index contributed by atoms with van der Waals surface area (Å²) in [4.78, 5) is 17.1. The van der Waals surface area contributed by atoms with Gasteiger partial charge in [0.15, 0.2) is 0 Å². The molecule has 9 rings (SSSR count). The highest BCUT2D eigenvalue weighted by Gasteiger charge is 2.19. The molecule has 8 aromatic carbocycles. The normalized spacial score (nSPS) is 11.1. The van der Waals surface area contributed by atoms with E-state index in [1.807, 2.05) is 54.6 Å². The average Bonchev–Trinajstić information content (AvgIpc) is 3.75. The van der Waals surface area contributed by atoms with Crippen molar-refractivity contribution in [3.8, 4) is 27.9 Å². The second-order valence-electron chi connectivity index (χ2n) is 14.5. The summed E-state index contributed by atoms with van der Waals surface area (Å²) in [7, 11) is 0. The Bertz CT molecular complexity index is 2810. The molecule has 0 aliphatic carbocycles. The van der Waals surface area contributed by atoms with Crippen molar-refractivity contribution in [2.75, 3.05) is 9.80 Å². The molecule has 292 valence electrons. The van der Waals surface area contributed by atoms with Crippen LogP contribution in [0.1, 0.15) is 18.4 Å². The summed E-state index contributed by atoms with van der Waals surface area (Å²) in [5, 5.41) is 19.1. The number of hydrogen-bond donors (Lipinski definition) is 1. The minimum atomic E-state index is -0.778. The number of para-hydroxylation sites is 3. The second-order valence-corrected chi connectivity index (χ2v) is 14.5. The van der Waals surface area contributed by atoms with Crippen molar-refractivity contribution in [3.05, 3.63) is 212 Å². The quantitative estimate of drug-likeness (QED) is 0.125. The largest absolute Gasteiger partial charge is 0.481 e. The lowest BCUT2D eigenvalue weighted by molar-refractivity contribution is -0.137. The molecular formula is C52H40FN5O2. The maximum atomic E-state index is 14.0. The van der Waals surface area contributed by atoms with Crippen molar-refractivity contribution in [1.82, 2.24) is 15.0 Å². The Morgan fingerprint density at radius 1 is 0.483 bits per heavy atom. The van der Waals surface area contributed by atoms with Crippen LogP contribution in [0, 0.1) is 5.82 Å². The SMILES string of the molecule is O=C(O)CCCc1ccc(N(c2ccccc2)c2ccc(-c3ccc(-c4ccc(N(c5ccccc5)c5ccccc5)cc4)c4nn(-c5ccc(F)cc5)nc34)cc2)cc1. The first-order valence-electron chi connectivity index (χ1n) is 19.9. The molecule has 0 saturated heterocycles. The van der Waals surface area contributed by atoms with E-state index < -0.39 is 5.97 Å². The molecule has 0 aliphatic heterocycles. The molecule has 0 unspecified atom stereocenters. The van der Waals surface area contributed by atoms with Gasteiger partial charge in [-0.05, 0) is 127 Å². The molecule has 0 fully saturated rings. The van der Waals surface area contributed by atoms with Gasteiger partial charge < -0.3 is 14.9 Å². The molecular weight excluding hydrogens is 746 g/mol. The van der Waals surface area contributed by atoms with Crippen LogP contribution < -0.4 is 9.80 Å². The van der Waals surface area contributed by atoms with E-state index in [1.165, 1.54) is 12.1 Å². The first kappa shape index (κ1) is 37.7. The Kier molecular flexibility index (Phi) is 10.7. The number of rotatable bonds is 13. The van der Waals surface area contributed by atoms with Gasteiger partial charge in [0.05, 0.1) is 5.69 Å². The van der Waals surface area contributed by atoms with E-state index >= 15 is 0 Å². The van der Waals surface area contributed by atoms with Gasteiger partial charge in [-0.15, -0.1) is 10.2 Å². The van der Waals surface area contributed by atoms with Crippen molar-refractivity contribution in [2.24, 2.45) is 0 Å². The number of nitrogens with zero attached hydrogens (tertiary/aromatic N) is 5.